The van der Waals surface area contributed by atoms with Crippen molar-refractivity contribution in [2.24, 2.45) is 0 Å². The molecule has 110 valence electrons. The van der Waals surface area contributed by atoms with Gasteiger partial charge in [-0.3, -0.25) is 9.59 Å². The fourth-order valence-corrected chi connectivity index (χ4v) is 2.97. The Labute approximate surface area is 122 Å². The fourth-order valence-electron chi connectivity index (χ4n) is 2.28. The SMILES string of the molecule is COCCC(=O)NC1CCN(C(=O)c2cccs2)CC1. The molecule has 0 aliphatic carbocycles. The summed E-state index contributed by atoms with van der Waals surface area (Å²) >= 11 is 1.47. The lowest BCUT2D eigenvalue weighted by Gasteiger charge is -2.32. The summed E-state index contributed by atoms with van der Waals surface area (Å²) in [5, 5.41) is 4.91. The zero-order valence-corrected chi connectivity index (χ0v) is 12.4. The molecule has 0 spiro atoms. The van der Waals surface area contributed by atoms with Gasteiger partial charge in [0.1, 0.15) is 0 Å². The van der Waals surface area contributed by atoms with E-state index in [1.165, 1.54) is 11.3 Å². The van der Waals surface area contributed by atoms with Crippen LogP contribution in [0.5, 0.6) is 0 Å². The molecular formula is C14H20N2O3S. The molecule has 1 aliphatic rings. The second kappa shape index (κ2) is 7.40. The number of hydrogen-bond acceptors (Lipinski definition) is 4. The van der Waals surface area contributed by atoms with Crippen LogP contribution in [-0.4, -0.2) is 49.6 Å². The van der Waals surface area contributed by atoms with Crippen molar-refractivity contribution < 1.29 is 14.3 Å². The zero-order chi connectivity index (χ0) is 14.4. The van der Waals surface area contributed by atoms with E-state index in [-0.39, 0.29) is 17.9 Å². The number of hydrogen-bond donors (Lipinski definition) is 1. The Hall–Kier alpha value is -1.40. The Kier molecular flexibility index (Phi) is 5.55. The molecule has 0 atom stereocenters. The second-order valence-electron chi connectivity index (χ2n) is 4.85. The Bertz CT molecular complexity index is 439. The average molecular weight is 296 g/mol. The lowest BCUT2D eigenvalue weighted by atomic mass is 10.0. The van der Waals surface area contributed by atoms with Crippen molar-refractivity contribution >= 4 is 23.2 Å². The molecule has 1 aromatic heterocycles. The highest BCUT2D eigenvalue weighted by atomic mass is 32.1. The van der Waals surface area contributed by atoms with Crippen molar-refractivity contribution in [1.82, 2.24) is 10.2 Å². The van der Waals surface area contributed by atoms with Gasteiger partial charge >= 0.3 is 0 Å². The second-order valence-corrected chi connectivity index (χ2v) is 5.80. The van der Waals surface area contributed by atoms with Crippen LogP contribution in [0, 0.1) is 0 Å². The lowest BCUT2D eigenvalue weighted by molar-refractivity contribution is -0.122. The number of thiophene rings is 1. The normalized spacial score (nSPS) is 16.1. The number of likely N-dealkylation sites (tertiary alicyclic amines) is 1. The van der Waals surface area contributed by atoms with Crippen molar-refractivity contribution in [3.8, 4) is 0 Å². The summed E-state index contributed by atoms with van der Waals surface area (Å²) in [6, 6.07) is 3.92. The van der Waals surface area contributed by atoms with Crippen LogP contribution in [-0.2, 0) is 9.53 Å². The third kappa shape index (κ3) is 4.05. The average Bonchev–Trinajstić information content (AvgIpc) is 2.99. The number of carbonyl (C=O) groups excluding carboxylic acids is 2. The lowest BCUT2D eigenvalue weighted by Crippen LogP contribution is -2.46. The molecule has 1 N–H and O–H groups in total. The Morgan fingerprint density at radius 3 is 2.80 bits per heavy atom. The number of rotatable bonds is 5. The third-order valence-corrected chi connectivity index (χ3v) is 4.27. The van der Waals surface area contributed by atoms with Crippen LogP contribution in [0.2, 0.25) is 0 Å². The Morgan fingerprint density at radius 2 is 2.20 bits per heavy atom. The van der Waals surface area contributed by atoms with E-state index in [1.807, 2.05) is 22.4 Å². The molecule has 1 aliphatic heterocycles. The number of carbonyl (C=O) groups is 2. The first kappa shape index (κ1) is 15.0. The molecule has 5 nitrogen and oxygen atoms in total. The Balaban J connectivity index is 1.75. The van der Waals surface area contributed by atoms with Gasteiger partial charge in [-0.1, -0.05) is 6.07 Å². The van der Waals surface area contributed by atoms with Crippen LogP contribution in [0.3, 0.4) is 0 Å². The molecule has 0 bridgehead atoms. The summed E-state index contributed by atoms with van der Waals surface area (Å²) in [4.78, 5) is 26.4. The molecular weight excluding hydrogens is 276 g/mol. The van der Waals surface area contributed by atoms with E-state index in [2.05, 4.69) is 5.32 Å². The van der Waals surface area contributed by atoms with E-state index < -0.39 is 0 Å². The van der Waals surface area contributed by atoms with E-state index in [0.29, 0.717) is 26.1 Å². The molecule has 20 heavy (non-hydrogen) atoms. The number of piperidine rings is 1. The molecule has 1 aromatic rings. The number of nitrogens with one attached hydrogen (secondary N) is 1. The minimum Gasteiger partial charge on any atom is -0.384 e. The van der Waals surface area contributed by atoms with E-state index >= 15 is 0 Å². The van der Waals surface area contributed by atoms with Crippen LogP contribution >= 0.6 is 11.3 Å². The summed E-state index contributed by atoms with van der Waals surface area (Å²) in [6.45, 7) is 1.85. The quantitative estimate of drug-likeness (QED) is 0.896. The maximum Gasteiger partial charge on any atom is 0.263 e. The fraction of sp³-hybridized carbons (Fsp3) is 0.571. The highest BCUT2D eigenvalue weighted by molar-refractivity contribution is 7.12. The smallest absolute Gasteiger partial charge is 0.263 e. The Morgan fingerprint density at radius 1 is 1.45 bits per heavy atom. The molecule has 0 saturated carbocycles. The number of methoxy groups -OCH3 is 1. The van der Waals surface area contributed by atoms with Crippen LogP contribution in [0.25, 0.3) is 0 Å². The predicted molar refractivity (Wildman–Crippen MR) is 77.9 cm³/mol. The summed E-state index contributed by atoms with van der Waals surface area (Å²) in [5.41, 5.74) is 0. The molecule has 0 unspecified atom stereocenters. The minimum atomic E-state index is 0.0230. The van der Waals surface area contributed by atoms with Gasteiger partial charge in [0.25, 0.3) is 5.91 Å². The van der Waals surface area contributed by atoms with Gasteiger partial charge in [-0.2, -0.15) is 0 Å². The van der Waals surface area contributed by atoms with E-state index in [4.69, 9.17) is 4.74 Å². The van der Waals surface area contributed by atoms with E-state index in [0.717, 1.165) is 17.7 Å². The molecule has 1 saturated heterocycles. The molecule has 2 rings (SSSR count). The number of ether oxygens (including phenoxy) is 1. The predicted octanol–water partition coefficient (Wildman–Crippen LogP) is 1.51. The van der Waals surface area contributed by atoms with Crippen molar-refractivity contribution in [3.63, 3.8) is 0 Å². The first-order valence-corrected chi connectivity index (χ1v) is 7.69. The summed E-state index contributed by atoms with van der Waals surface area (Å²) in [7, 11) is 1.59. The van der Waals surface area contributed by atoms with Gasteiger partial charge in [0.2, 0.25) is 5.91 Å². The number of amides is 2. The van der Waals surface area contributed by atoms with E-state index in [1.54, 1.807) is 7.11 Å². The van der Waals surface area contributed by atoms with Gasteiger partial charge in [0.15, 0.2) is 0 Å². The van der Waals surface area contributed by atoms with Gasteiger partial charge < -0.3 is 15.0 Å². The van der Waals surface area contributed by atoms with Crippen LogP contribution < -0.4 is 5.32 Å². The largest absolute Gasteiger partial charge is 0.384 e. The van der Waals surface area contributed by atoms with Crippen molar-refractivity contribution in [3.05, 3.63) is 22.4 Å². The van der Waals surface area contributed by atoms with Crippen molar-refractivity contribution in [2.45, 2.75) is 25.3 Å². The highest BCUT2D eigenvalue weighted by Gasteiger charge is 2.24. The summed E-state index contributed by atoms with van der Waals surface area (Å²) < 4.78 is 4.88. The van der Waals surface area contributed by atoms with Crippen LogP contribution in [0.15, 0.2) is 17.5 Å². The highest BCUT2D eigenvalue weighted by Crippen LogP contribution is 2.17. The van der Waals surface area contributed by atoms with Gasteiger partial charge in [0, 0.05) is 32.7 Å². The molecule has 0 radical (unpaired) electrons. The first-order valence-electron chi connectivity index (χ1n) is 6.82. The van der Waals surface area contributed by atoms with Crippen LogP contribution in [0.4, 0.5) is 0 Å². The molecule has 1 fully saturated rings. The molecule has 2 heterocycles. The van der Waals surface area contributed by atoms with Crippen molar-refractivity contribution in [1.29, 1.82) is 0 Å². The molecule has 2 amide bonds. The third-order valence-electron chi connectivity index (χ3n) is 3.41. The first-order chi connectivity index (χ1) is 9.70. The molecule has 6 heteroatoms. The van der Waals surface area contributed by atoms with Gasteiger partial charge in [0.05, 0.1) is 11.5 Å². The maximum atomic E-state index is 12.2. The van der Waals surface area contributed by atoms with Gasteiger partial charge in [-0.25, -0.2) is 0 Å². The van der Waals surface area contributed by atoms with Crippen molar-refractivity contribution in [2.75, 3.05) is 26.8 Å². The monoisotopic (exact) mass is 296 g/mol. The summed E-state index contributed by atoms with van der Waals surface area (Å²) in [6.07, 6.45) is 2.02. The maximum absolute atomic E-state index is 12.2. The van der Waals surface area contributed by atoms with Crippen LogP contribution in [0.1, 0.15) is 28.9 Å². The standard InChI is InChI=1S/C14H20N2O3S/c1-19-9-6-13(17)15-11-4-7-16(8-5-11)14(18)12-3-2-10-20-12/h2-3,10-11H,4-9H2,1H3,(H,15,17). The number of nitrogens with zero attached hydrogens (tertiary/aromatic N) is 1. The topological polar surface area (TPSA) is 58.6 Å². The minimum absolute atomic E-state index is 0.0230. The molecule has 0 aromatic carbocycles. The zero-order valence-electron chi connectivity index (χ0n) is 11.6. The summed E-state index contributed by atoms with van der Waals surface area (Å²) in [5.74, 6) is 0.124. The van der Waals surface area contributed by atoms with Gasteiger partial charge in [-0.05, 0) is 24.3 Å². The van der Waals surface area contributed by atoms with Gasteiger partial charge in [-0.15, -0.1) is 11.3 Å². The van der Waals surface area contributed by atoms with E-state index in [9.17, 15) is 9.59 Å².